The summed E-state index contributed by atoms with van der Waals surface area (Å²) >= 11 is 0. The summed E-state index contributed by atoms with van der Waals surface area (Å²) in [5.74, 6) is 0. The third-order valence-electron chi connectivity index (χ3n) is 2.82. The fourth-order valence-corrected chi connectivity index (χ4v) is 2.35. The van der Waals surface area contributed by atoms with E-state index in [1.54, 1.807) is 30.3 Å². The number of para-hydroxylation sites is 1. The fraction of sp³-hybridized carbons (Fsp3) is 0. The van der Waals surface area contributed by atoms with Gasteiger partial charge in [0.05, 0.1) is 10.6 Å². The van der Waals surface area contributed by atoms with E-state index in [0.717, 1.165) is 12.1 Å². The van der Waals surface area contributed by atoms with Crippen LogP contribution in [-0.2, 0) is 10.1 Å². The number of nitrogens with one attached hydrogen (secondary N) is 1. The Bertz CT molecular complexity index is 837. The van der Waals surface area contributed by atoms with Gasteiger partial charge in [0.15, 0.2) is 0 Å². The molecule has 0 fully saturated rings. The lowest BCUT2D eigenvalue weighted by Gasteiger charge is -2.19. The van der Waals surface area contributed by atoms with Crippen molar-refractivity contribution < 1.29 is 22.6 Å². The number of carbonyl (C=O) groups excluding carboxylic acids is 2. The van der Waals surface area contributed by atoms with E-state index in [4.69, 9.17) is 10.3 Å². The minimum absolute atomic E-state index is 0.0962. The van der Waals surface area contributed by atoms with Crippen LogP contribution >= 0.6 is 0 Å². The molecule has 2 rings (SSSR count). The number of nitrogens with zero attached hydrogens (tertiary/aromatic N) is 1. The molecular weight excluding hydrogens is 322 g/mol. The van der Waals surface area contributed by atoms with Crippen molar-refractivity contribution in [1.29, 1.82) is 0 Å². The number of rotatable bonds is 3. The first-order chi connectivity index (χ1) is 10.8. The highest BCUT2D eigenvalue weighted by molar-refractivity contribution is 7.85. The minimum Gasteiger partial charge on any atom is -0.351 e. The third kappa shape index (κ3) is 4.05. The van der Waals surface area contributed by atoms with Crippen LogP contribution in [0.3, 0.4) is 0 Å². The molecular formula is C14H13N3O5S. The van der Waals surface area contributed by atoms with E-state index in [0.29, 0.717) is 10.6 Å². The molecule has 0 unspecified atom stereocenters. The van der Waals surface area contributed by atoms with E-state index >= 15 is 0 Å². The highest BCUT2D eigenvalue weighted by atomic mass is 32.2. The van der Waals surface area contributed by atoms with Crippen LogP contribution in [0.5, 0.6) is 0 Å². The summed E-state index contributed by atoms with van der Waals surface area (Å²) in [6, 6.07) is 11.0. The summed E-state index contributed by atoms with van der Waals surface area (Å²) in [4.78, 5) is 23.9. The van der Waals surface area contributed by atoms with Crippen LogP contribution in [0.4, 0.5) is 21.0 Å². The van der Waals surface area contributed by atoms with Gasteiger partial charge in [0.25, 0.3) is 10.1 Å². The lowest BCUT2D eigenvalue weighted by atomic mass is 10.3. The topological polar surface area (TPSA) is 130 Å². The number of hydrogen-bond acceptors (Lipinski definition) is 4. The molecule has 0 saturated carbocycles. The van der Waals surface area contributed by atoms with Gasteiger partial charge in [0.2, 0.25) is 0 Å². The molecule has 2 aromatic rings. The summed E-state index contributed by atoms with van der Waals surface area (Å²) in [5.41, 5.74) is 5.53. The molecule has 23 heavy (non-hydrogen) atoms. The standard InChI is InChI=1S/C14H13N3O5S/c15-13(18)17(14(19)16-10-5-2-1-3-6-10)11-7-4-8-12(9-11)23(20,21)22/h1-9H,(H2,15,18)(H,16,19)(H,20,21,22). The predicted molar refractivity (Wildman–Crippen MR) is 83.8 cm³/mol. The van der Waals surface area contributed by atoms with Crippen molar-refractivity contribution in [3.8, 4) is 0 Å². The van der Waals surface area contributed by atoms with E-state index in [1.807, 2.05) is 0 Å². The summed E-state index contributed by atoms with van der Waals surface area (Å²) < 4.78 is 31.4. The Hall–Kier alpha value is -2.91. The fourth-order valence-electron chi connectivity index (χ4n) is 1.83. The Morgan fingerprint density at radius 2 is 1.70 bits per heavy atom. The van der Waals surface area contributed by atoms with Gasteiger partial charge < -0.3 is 11.1 Å². The van der Waals surface area contributed by atoms with Gasteiger partial charge in [0, 0.05) is 5.69 Å². The lowest BCUT2D eigenvalue weighted by molar-refractivity contribution is 0.244. The molecule has 0 aromatic heterocycles. The van der Waals surface area contributed by atoms with Gasteiger partial charge in [-0.2, -0.15) is 8.42 Å². The summed E-state index contributed by atoms with van der Waals surface area (Å²) in [6.07, 6.45) is 0. The Labute approximate surface area is 132 Å². The number of amides is 4. The zero-order valence-electron chi connectivity index (χ0n) is 11.7. The third-order valence-corrected chi connectivity index (χ3v) is 3.67. The maximum atomic E-state index is 12.2. The molecule has 120 valence electrons. The molecule has 0 heterocycles. The lowest BCUT2D eigenvalue weighted by Crippen LogP contribution is -2.43. The summed E-state index contributed by atoms with van der Waals surface area (Å²) in [6.45, 7) is 0. The first-order valence-electron chi connectivity index (χ1n) is 6.32. The Kier molecular flexibility index (Phi) is 4.63. The van der Waals surface area contributed by atoms with Crippen molar-refractivity contribution in [3.63, 3.8) is 0 Å². The SMILES string of the molecule is NC(=O)N(C(=O)Nc1ccccc1)c1cccc(S(=O)(=O)O)c1. The Balaban J connectivity index is 2.36. The highest BCUT2D eigenvalue weighted by Crippen LogP contribution is 2.20. The monoisotopic (exact) mass is 335 g/mol. The number of hydrogen-bond donors (Lipinski definition) is 3. The number of benzene rings is 2. The van der Waals surface area contributed by atoms with Gasteiger partial charge >= 0.3 is 12.1 Å². The largest absolute Gasteiger partial charge is 0.351 e. The second kappa shape index (κ2) is 6.46. The van der Waals surface area contributed by atoms with Crippen LogP contribution in [0.25, 0.3) is 0 Å². The van der Waals surface area contributed by atoms with Crippen LogP contribution in [0, 0.1) is 0 Å². The normalized spacial score (nSPS) is 10.8. The van der Waals surface area contributed by atoms with Gasteiger partial charge in [-0.3, -0.25) is 4.55 Å². The maximum absolute atomic E-state index is 12.2. The molecule has 2 aromatic carbocycles. The van der Waals surface area contributed by atoms with Crippen molar-refractivity contribution in [1.82, 2.24) is 0 Å². The van der Waals surface area contributed by atoms with Crippen LogP contribution in [0.2, 0.25) is 0 Å². The van der Waals surface area contributed by atoms with Crippen LogP contribution in [0.15, 0.2) is 59.5 Å². The van der Waals surface area contributed by atoms with Crippen molar-refractivity contribution in [2.45, 2.75) is 4.90 Å². The molecule has 0 aliphatic rings. The van der Waals surface area contributed by atoms with Crippen molar-refractivity contribution >= 4 is 33.6 Å². The van der Waals surface area contributed by atoms with E-state index in [-0.39, 0.29) is 5.69 Å². The van der Waals surface area contributed by atoms with E-state index in [1.165, 1.54) is 12.1 Å². The predicted octanol–water partition coefficient (Wildman–Crippen LogP) is 2.05. The molecule has 0 bridgehead atoms. The van der Waals surface area contributed by atoms with Crippen LogP contribution in [0.1, 0.15) is 0 Å². The van der Waals surface area contributed by atoms with E-state index in [9.17, 15) is 18.0 Å². The Morgan fingerprint density at radius 1 is 1.04 bits per heavy atom. The molecule has 8 nitrogen and oxygen atoms in total. The average Bonchev–Trinajstić information content (AvgIpc) is 2.47. The minimum atomic E-state index is -4.48. The quantitative estimate of drug-likeness (QED) is 0.739. The summed E-state index contributed by atoms with van der Waals surface area (Å²) in [5, 5.41) is 2.45. The van der Waals surface area contributed by atoms with Gasteiger partial charge in [-0.1, -0.05) is 24.3 Å². The first-order valence-corrected chi connectivity index (χ1v) is 7.76. The number of anilines is 2. The number of urea groups is 2. The molecule has 9 heteroatoms. The molecule has 0 spiro atoms. The Morgan fingerprint density at radius 3 is 2.26 bits per heavy atom. The van der Waals surface area contributed by atoms with Gasteiger partial charge in [-0.15, -0.1) is 0 Å². The zero-order valence-corrected chi connectivity index (χ0v) is 12.5. The van der Waals surface area contributed by atoms with Crippen molar-refractivity contribution in [3.05, 3.63) is 54.6 Å². The second-order valence-corrected chi connectivity index (χ2v) is 5.86. The van der Waals surface area contributed by atoms with Gasteiger partial charge in [-0.05, 0) is 30.3 Å². The number of nitrogens with two attached hydrogens (primary N) is 1. The average molecular weight is 335 g/mol. The smallest absolute Gasteiger partial charge is 0.334 e. The van der Waals surface area contributed by atoms with Crippen molar-refractivity contribution in [2.24, 2.45) is 5.73 Å². The highest BCUT2D eigenvalue weighted by Gasteiger charge is 2.23. The molecule has 4 N–H and O–H groups in total. The number of primary amides is 1. The van der Waals surface area contributed by atoms with Gasteiger partial charge in [-0.25, -0.2) is 14.5 Å². The molecule has 0 radical (unpaired) electrons. The molecule has 0 aliphatic heterocycles. The summed E-state index contributed by atoms with van der Waals surface area (Å²) in [7, 11) is -4.48. The second-order valence-electron chi connectivity index (χ2n) is 4.44. The number of carbonyl (C=O) groups is 2. The maximum Gasteiger partial charge on any atom is 0.334 e. The number of imide groups is 1. The van der Waals surface area contributed by atoms with Crippen LogP contribution < -0.4 is 16.0 Å². The van der Waals surface area contributed by atoms with Crippen LogP contribution in [-0.4, -0.2) is 25.0 Å². The van der Waals surface area contributed by atoms with E-state index in [2.05, 4.69) is 5.32 Å². The molecule has 0 saturated heterocycles. The molecule has 4 amide bonds. The molecule has 0 atom stereocenters. The van der Waals surface area contributed by atoms with Crippen molar-refractivity contribution in [2.75, 3.05) is 10.2 Å². The first kappa shape index (κ1) is 16.5. The van der Waals surface area contributed by atoms with Gasteiger partial charge in [0.1, 0.15) is 0 Å². The zero-order chi connectivity index (χ0) is 17.0. The van der Waals surface area contributed by atoms with E-state index < -0.39 is 27.1 Å². The molecule has 0 aliphatic carbocycles.